The van der Waals surface area contributed by atoms with Gasteiger partial charge in [-0.05, 0) is 99.2 Å². The highest BCUT2D eigenvalue weighted by Gasteiger charge is 2.38. The average Bonchev–Trinajstić information content (AvgIpc) is 3.44. The molecule has 0 nitrogen and oxygen atoms in total. The first kappa shape index (κ1) is 19.7. The molecule has 0 heteroatoms. The highest BCUT2D eigenvalue weighted by Crippen LogP contribution is 2.47. The van der Waals surface area contributed by atoms with E-state index in [0.29, 0.717) is 0 Å². The molecule has 0 aromatic carbocycles. The number of fused-ring (bicyclic) bond motifs is 4. The number of unbranched alkanes of at least 4 members (excludes halogenated alkanes) is 2. The lowest BCUT2D eigenvalue weighted by molar-refractivity contribution is 0.294. The molecule has 4 bridgehead atoms. The summed E-state index contributed by atoms with van der Waals surface area (Å²) >= 11 is 0. The number of hydrogen-bond donors (Lipinski definition) is 0. The summed E-state index contributed by atoms with van der Waals surface area (Å²) in [6.07, 6.45) is 27.7. The summed E-state index contributed by atoms with van der Waals surface area (Å²) in [4.78, 5) is 0. The van der Waals surface area contributed by atoms with Gasteiger partial charge in [-0.2, -0.15) is 0 Å². The van der Waals surface area contributed by atoms with Gasteiger partial charge in [0.25, 0.3) is 0 Å². The maximum Gasteiger partial charge on any atom is -0.0197 e. The average molecular weight is 353 g/mol. The van der Waals surface area contributed by atoms with Crippen molar-refractivity contribution < 1.29 is 0 Å². The third kappa shape index (κ3) is 5.02. The Labute approximate surface area is 162 Å². The van der Waals surface area contributed by atoms with Crippen LogP contribution in [0.15, 0.2) is 49.6 Å². The molecule has 0 saturated heterocycles. The largest absolute Gasteiger partial charge is 0.103 e. The summed E-state index contributed by atoms with van der Waals surface area (Å²) in [7, 11) is 0. The fraction of sp³-hybridized carbons (Fsp3) is 0.692. The Bertz CT molecular complexity index is 510. The Balaban J connectivity index is 0.000000151. The van der Waals surface area contributed by atoms with Crippen LogP contribution in [0, 0.1) is 41.4 Å². The van der Waals surface area contributed by atoms with Gasteiger partial charge in [0.15, 0.2) is 0 Å². The van der Waals surface area contributed by atoms with E-state index in [4.69, 9.17) is 0 Å². The Morgan fingerprint density at radius 3 is 2.08 bits per heavy atom. The van der Waals surface area contributed by atoms with Crippen LogP contribution < -0.4 is 0 Å². The van der Waals surface area contributed by atoms with Gasteiger partial charge >= 0.3 is 0 Å². The topological polar surface area (TPSA) is 0 Å². The van der Waals surface area contributed by atoms with Crippen molar-refractivity contribution in [3.05, 3.63) is 49.6 Å². The molecule has 4 aliphatic carbocycles. The summed E-state index contributed by atoms with van der Waals surface area (Å²) in [5.41, 5.74) is 0. The van der Waals surface area contributed by atoms with Gasteiger partial charge in [-0.3, -0.25) is 0 Å². The van der Waals surface area contributed by atoms with Gasteiger partial charge in [0.1, 0.15) is 0 Å². The molecule has 4 rings (SSSR count). The highest BCUT2D eigenvalue weighted by molar-refractivity contribution is 5.11. The lowest BCUT2D eigenvalue weighted by Gasteiger charge is -2.24. The molecular weight excluding hydrogens is 312 g/mol. The van der Waals surface area contributed by atoms with E-state index in [1.165, 1.54) is 64.2 Å². The van der Waals surface area contributed by atoms with Gasteiger partial charge in [0, 0.05) is 0 Å². The summed E-state index contributed by atoms with van der Waals surface area (Å²) in [5.74, 6) is 6.67. The van der Waals surface area contributed by atoms with E-state index in [1.807, 2.05) is 6.08 Å². The summed E-state index contributed by atoms with van der Waals surface area (Å²) < 4.78 is 0. The maximum atomic E-state index is 3.79. The van der Waals surface area contributed by atoms with Gasteiger partial charge in [0.2, 0.25) is 0 Å². The van der Waals surface area contributed by atoms with Crippen LogP contribution in [0.2, 0.25) is 0 Å². The SMILES string of the molecule is C=CCCC(C)C1CC2C=CC1C2.C=CCCCCC1CC2C=CC1C2. The van der Waals surface area contributed by atoms with Crippen LogP contribution >= 0.6 is 0 Å². The number of rotatable bonds is 9. The molecule has 0 radical (unpaired) electrons. The van der Waals surface area contributed by atoms with Gasteiger partial charge in [-0.1, -0.05) is 49.8 Å². The van der Waals surface area contributed by atoms with E-state index < -0.39 is 0 Å². The van der Waals surface area contributed by atoms with Crippen molar-refractivity contribution >= 4 is 0 Å². The van der Waals surface area contributed by atoms with Crippen molar-refractivity contribution in [3.63, 3.8) is 0 Å². The Kier molecular flexibility index (Phi) is 7.41. The third-order valence-electron chi connectivity index (χ3n) is 7.54. The number of allylic oxidation sites excluding steroid dienone is 6. The van der Waals surface area contributed by atoms with E-state index in [2.05, 4.69) is 50.5 Å². The molecule has 4 aliphatic rings. The monoisotopic (exact) mass is 352 g/mol. The van der Waals surface area contributed by atoms with Crippen LogP contribution in [-0.4, -0.2) is 0 Å². The zero-order chi connectivity index (χ0) is 18.4. The van der Waals surface area contributed by atoms with Gasteiger partial charge in [0.05, 0.1) is 0 Å². The van der Waals surface area contributed by atoms with Crippen molar-refractivity contribution in [1.29, 1.82) is 0 Å². The molecule has 0 amide bonds. The molecule has 0 aliphatic heterocycles. The van der Waals surface area contributed by atoms with Gasteiger partial charge in [-0.25, -0.2) is 0 Å². The van der Waals surface area contributed by atoms with E-state index in [9.17, 15) is 0 Å². The molecule has 7 atom stereocenters. The molecule has 0 N–H and O–H groups in total. The fourth-order valence-electron chi connectivity index (χ4n) is 5.99. The summed E-state index contributed by atoms with van der Waals surface area (Å²) in [6.45, 7) is 9.97. The normalized spacial score (nSPS) is 36.8. The first-order valence-corrected chi connectivity index (χ1v) is 11.3. The predicted octanol–water partition coefficient (Wildman–Crippen LogP) is 7.75. The fourth-order valence-corrected chi connectivity index (χ4v) is 5.99. The Morgan fingerprint density at radius 2 is 1.54 bits per heavy atom. The minimum absolute atomic E-state index is 0.901. The van der Waals surface area contributed by atoms with E-state index >= 15 is 0 Å². The van der Waals surface area contributed by atoms with Gasteiger partial charge in [-0.15, -0.1) is 13.2 Å². The van der Waals surface area contributed by atoms with Gasteiger partial charge < -0.3 is 0 Å². The van der Waals surface area contributed by atoms with E-state index in [-0.39, 0.29) is 0 Å². The molecule has 144 valence electrons. The van der Waals surface area contributed by atoms with Crippen molar-refractivity contribution in [2.24, 2.45) is 41.4 Å². The highest BCUT2D eigenvalue weighted by atomic mass is 14.4. The number of hydrogen-bond acceptors (Lipinski definition) is 0. The lowest BCUT2D eigenvalue weighted by Crippen LogP contribution is -2.16. The molecule has 2 saturated carbocycles. The van der Waals surface area contributed by atoms with Crippen molar-refractivity contribution in [3.8, 4) is 0 Å². The minimum Gasteiger partial charge on any atom is -0.103 e. The molecule has 26 heavy (non-hydrogen) atoms. The van der Waals surface area contributed by atoms with Crippen molar-refractivity contribution in [2.75, 3.05) is 0 Å². The van der Waals surface area contributed by atoms with Crippen molar-refractivity contribution in [1.82, 2.24) is 0 Å². The Morgan fingerprint density at radius 1 is 0.846 bits per heavy atom. The van der Waals surface area contributed by atoms with Crippen LogP contribution in [0.4, 0.5) is 0 Å². The quantitative estimate of drug-likeness (QED) is 0.294. The maximum absolute atomic E-state index is 3.79. The molecular formula is C26H40. The zero-order valence-electron chi connectivity index (χ0n) is 17.0. The summed E-state index contributed by atoms with van der Waals surface area (Å²) in [6, 6.07) is 0. The predicted molar refractivity (Wildman–Crippen MR) is 115 cm³/mol. The third-order valence-corrected chi connectivity index (χ3v) is 7.54. The lowest BCUT2D eigenvalue weighted by atomic mass is 9.81. The first-order valence-electron chi connectivity index (χ1n) is 11.3. The van der Waals surface area contributed by atoms with Crippen LogP contribution in [-0.2, 0) is 0 Å². The molecule has 0 aromatic heterocycles. The summed E-state index contributed by atoms with van der Waals surface area (Å²) in [5, 5.41) is 0. The van der Waals surface area contributed by atoms with Crippen LogP contribution in [0.1, 0.15) is 71.1 Å². The molecule has 7 unspecified atom stereocenters. The van der Waals surface area contributed by atoms with Crippen LogP contribution in [0.25, 0.3) is 0 Å². The standard InChI is InChI=1S/2C13H20/c1-3-4-5-10(2)13-9-11-6-7-12(13)8-11;1-2-3-4-5-6-12-9-11-7-8-13(12)10-11/h3,6-7,10-13H,1,4-5,8-9H2,2H3;2,7-8,11-13H,1,3-6,9-10H2. The molecule has 0 aromatic rings. The Hall–Kier alpha value is -1.04. The van der Waals surface area contributed by atoms with Crippen molar-refractivity contribution in [2.45, 2.75) is 71.1 Å². The second kappa shape index (κ2) is 9.77. The second-order valence-corrected chi connectivity index (χ2v) is 9.40. The van der Waals surface area contributed by atoms with E-state index in [1.54, 1.807) is 0 Å². The second-order valence-electron chi connectivity index (χ2n) is 9.40. The van der Waals surface area contributed by atoms with Crippen LogP contribution in [0.5, 0.6) is 0 Å². The molecule has 0 heterocycles. The van der Waals surface area contributed by atoms with Crippen LogP contribution in [0.3, 0.4) is 0 Å². The smallest absolute Gasteiger partial charge is 0.0197 e. The minimum atomic E-state index is 0.901. The first-order chi connectivity index (χ1) is 12.7. The van der Waals surface area contributed by atoms with E-state index in [0.717, 1.165) is 41.4 Å². The molecule has 2 fully saturated rings. The zero-order valence-corrected chi connectivity index (χ0v) is 17.0. The molecule has 0 spiro atoms.